The van der Waals surface area contributed by atoms with E-state index < -0.39 is 11.9 Å². The Hall–Kier alpha value is -2.75. The van der Waals surface area contributed by atoms with Crippen LogP contribution in [0.3, 0.4) is 0 Å². The van der Waals surface area contributed by atoms with Gasteiger partial charge in [-0.05, 0) is 18.2 Å². The molecule has 0 aliphatic heterocycles. The summed E-state index contributed by atoms with van der Waals surface area (Å²) in [4.78, 5) is 22.3. The van der Waals surface area contributed by atoms with Gasteiger partial charge in [-0.25, -0.2) is 4.79 Å². The number of carbonyl (C=O) groups is 2. The van der Waals surface area contributed by atoms with Crippen LogP contribution in [0.1, 0.15) is 16.8 Å². The van der Waals surface area contributed by atoms with Gasteiger partial charge in [0, 0.05) is 12.2 Å². The van der Waals surface area contributed by atoms with Crippen LogP contribution in [0.15, 0.2) is 18.2 Å². The number of nitrogens with two attached hydrogens (primary N) is 1. The van der Waals surface area contributed by atoms with Crippen molar-refractivity contribution in [3.8, 4) is 11.8 Å². The Balaban J connectivity index is 2.60. The molecule has 1 aromatic carbocycles. The van der Waals surface area contributed by atoms with E-state index in [1.807, 2.05) is 6.07 Å². The summed E-state index contributed by atoms with van der Waals surface area (Å²) in [7, 11) is 0. The molecule has 7 nitrogen and oxygen atoms in total. The lowest BCUT2D eigenvalue weighted by molar-refractivity contribution is -0.123. The van der Waals surface area contributed by atoms with Crippen LogP contribution in [-0.2, 0) is 4.79 Å². The summed E-state index contributed by atoms with van der Waals surface area (Å²) in [5.74, 6) is -1.55. The number of aromatic carboxylic acids is 1. The molecule has 0 spiro atoms. The molecule has 0 saturated heterocycles. The molecule has 0 aliphatic rings. The number of carboxylic acid groups (broad SMARTS) is 1. The fourth-order valence-corrected chi connectivity index (χ4v) is 1.29. The summed E-state index contributed by atoms with van der Waals surface area (Å²) in [6.45, 7) is -0.0954. The number of nitrogen functional groups attached to an aromatic ring is 1. The van der Waals surface area contributed by atoms with E-state index >= 15 is 0 Å². The van der Waals surface area contributed by atoms with Crippen molar-refractivity contribution in [2.75, 3.05) is 18.9 Å². The van der Waals surface area contributed by atoms with Crippen molar-refractivity contribution < 1.29 is 19.4 Å². The minimum Gasteiger partial charge on any atom is -0.483 e. The van der Waals surface area contributed by atoms with Crippen LogP contribution in [0, 0.1) is 11.3 Å². The normalized spacial score (nSPS) is 9.42. The maximum atomic E-state index is 11.3. The van der Waals surface area contributed by atoms with Crippen molar-refractivity contribution in [3.63, 3.8) is 0 Å². The van der Waals surface area contributed by atoms with E-state index in [0.29, 0.717) is 5.69 Å². The third-order valence-electron chi connectivity index (χ3n) is 2.15. The Morgan fingerprint density at radius 2 is 2.21 bits per heavy atom. The van der Waals surface area contributed by atoms with E-state index in [-0.39, 0.29) is 30.9 Å². The van der Waals surface area contributed by atoms with Gasteiger partial charge in [0.15, 0.2) is 6.61 Å². The fraction of sp³-hybridized carbons (Fsp3) is 0.250. The molecule has 4 N–H and O–H groups in total. The SMILES string of the molecule is N#CCCNC(=O)COc1ccc(N)cc1C(=O)O. The molecule has 7 heteroatoms. The van der Waals surface area contributed by atoms with E-state index in [0.717, 1.165) is 0 Å². The number of rotatable bonds is 6. The summed E-state index contributed by atoms with van der Waals surface area (Å²) < 4.78 is 5.11. The quantitative estimate of drug-likeness (QED) is 0.503. The van der Waals surface area contributed by atoms with Crippen LogP contribution in [0.5, 0.6) is 5.75 Å². The third-order valence-corrected chi connectivity index (χ3v) is 2.15. The number of carboxylic acids is 1. The molecule has 0 aromatic heterocycles. The Bertz CT molecular complexity index is 522. The van der Waals surface area contributed by atoms with Gasteiger partial charge in [0.25, 0.3) is 5.91 Å². The molecule has 19 heavy (non-hydrogen) atoms. The molecule has 0 saturated carbocycles. The van der Waals surface area contributed by atoms with Gasteiger partial charge in [-0.3, -0.25) is 4.79 Å². The molecule has 0 aliphatic carbocycles. The highest BCUT2D eigenvalue weighted by Gasteiger charge is 2.12. The van der Waals surface area contributed by atoms with Crippen molar-refractivity contribution in [2.24, 2.45) is 0 Å². The van der Waals surface area contributed by atoms with Gasteiger partial charge in [0.05, 0.1) is 12.5 Å². The molecular weight excluding hydrogens is 250 g/mol. The smallest absolute Gasteiger partial charge is 0.339 e. The molecule has 0 radical (unpaired) electrons. The van der Waals surface area contributed by atoms with E-state index in [1.54, 1.807) is 0 Å². The Morgan fingerprint density at radius 1 is 1.47 bits per heavy atom. The second kappa shape index (κ2) is 6.86. The first-order valence-electron chi connectivity index (χ1n) is 5.44. The summed E-state index contributed by atoms with van der Waals surface area (Å²) in [6, 6.07) is 6.01. The van der Waals surface area contributed by atoms with Crippen LogP contribution in [0.2, 0.25) is 0 Å². The number of nitrogens with zero attached hydrogens (tertiary/aromatic N) is 1. The monoisotopic (exact) mass is 263 g/mol. The van der Waals surface area contributed by atoms with Crippen LogP contribution >= 0.6 is 0 Å². The lowest BCUT2D eigenvalue weighted by Gasteiger charge is -2.09. The maximum absolute atomic E-state index is 11.3. The van der Waals surface area contributed by atoms with Crippen LogP contribution in [-0.4, -0.2) is 30.1 Å². The van der Waals surface area contributed by atoms with E-state index in [9.17, 15) is 9.59 Å². The van der Waals surface area contributed by atoms with Gasteiger partial charge in [0.1, 0.15) is 11.3 Å². The number of benzene rings is 1. The van der Waals surface area contributed by atoms with Crippen LogP contribution < -0.4 is 15.8 Å². The molecular formula is C12H13N3O4. The van der Waals surface area contributed by atoms with Crippen molar-refractivity contribution in [3.05, 3.63) is 23.8 Å². The number of hydrogen-bond acceptors (Lipinski definition) is 5. The number of nitrogens with one attached hydrogen (secondary N) is 1. The maximum Gasteiger partial charge on any atom is 0.339 e. The topological polar surface area (TPSA) is 125 Å². The fourth-order valence-electron chi connectivity index (χ4n) is 1.29. The zero-order chi connectivity index (χ0) is 14.3. The summed E-state index contributed by atoms with van der Waals surface area (Å²) in [5.41, 5.74) is 5.66. The molecule has 0 fully saturated rings. The van der Waals surface area contributed by atoms with Crippen molar-refractivity contribution in [2.45, 2.75) is 6.42 Å². The Labute approximate surface area is 109 Å². The number of amides is 1. The molecule has 1 aromatic rings. The van der Waals surface area contributed by atoms with E-state index in [4.69, 9.17) is 20.8 Å². The van der Waals surface area contributed by atoms with Gasteiger partial charge in [-0.15, -0.1) is 0 Å². The second-order valence-corrected chi connectivity index (χ2v) is 3.61. The minimum absolute atomic E-state index is 0.0668. The minimum atomic E-state index is -1.19. The molecule has 0 bridgehead atoms. The number of hydrogen-bond donors (Lipinski definition) is 3. The lowest BCUT2D eigenvalue weighted by atomic mass is 10.2. The van der Waals surface area contributed by atoms with Gasteiger partial charge < -0.3 is 20.9 Å². The first-order valence-corrected chi connectivity index (χ1v) is 5.44. The standard InChI is InChI=1S/C12H13N3O4/c13-4-1-5-15-11(16)7-19-10-3-2-8(14)6-9(10)12(17)18/h2-3,6H,1,5,7,14H2,(H,15,16)(H,17,18). The third kappa shape index (κ3) is 4.55. The zero-order valence-corrected chi connectivity index (χ0v) is 10.0. The predicted molar refractivity (Wildman–Crippen MR) is 66.5 cm³/mol. The number of carbonyl (C=O) groups excluding carboxylic acids is 1. The molecule has 0 heterocycles. The molecule has 0 atom stereocenters. The molecule has 1 amide bonds. The van der Waals surface area contributed by atoms with Gasteiger partial charge >= 0.3 is 5.97 Å². The molecule has 0 unspecified atom stereocenters. The van der Waals surface area contributed by atoms with Crippen LogP contribution in [0.4, 0.5) is 5.69 Å². The first-order chi connectivity index (χ1) is 9.04. The second-order valence-electron chi connectivity index (χ2n) is 3.61. The van der Waals surface area contributed by atoms with Gasteiger partial charge in [-0.2, -0.15) is 5.26 Å². The van der Waals surface area contributed by atoms with Crippen molar-refractivity contribution >= 4 is 17.6 Å². The molecule has 1 rings (SSSR count). The average molecular weight is 263 g/mol. The highest BCUT2D eigenvalue weighted by atomic mass is 16.5. The number of ether oxygens (including phenoxy) is 1. The van der Waals surface area contributed by atoms with E-state index in [2.05, 4.69) is 5.32 Å². The summed E-state index contributed by atoms with van der Waals surface area (Å²) >= 11 is 0. The van der Waals surface area contributed by atoms with Gasteiger partial charge in [-0.1, -0.05) is 0 Å². The predicted octanol–water partition coefficient (Wildman–Crippen LogP) is 0.376. The summed E-state index contributed by atoms with van der Waals surface area (Å²) in [5, 5.41) is 19.7. The van der Waals surface area contributed by atoms with Crippen LogP contribution in [0.25, 0.3) is 0 Å². The Kier molecular flexibility index (Phi) is 5.17. The number of nitriles is 1. The average Bonchev–Trinajstić information content (AvgIpc) is 2.37. The van der Waals surface area contributed by atoms with Crippen molar-refractivity contribution in [1.29, 1.82) is 5.26 Å². The molecule has 100 valence electrons. The van der Waals surface area contributed by atoms with E-state index in [1.165, 1.54) is 18.2 Å². The Morgan fingerprint density at radius 3 is 2.84 bits per heavy atom. The first kappa shape index (κ1) is 14.3. The summed E-state index contributed by atoms with van der Waals surface area (Å²) in [6.07, 6.45) is 0.202. The number of anilines is 1. The zero-order valence-electron chi connectivity index (χ0n) is 10.0. The van der Waals surface area contributed by atoms with Crippen molar-refractivity contribution in [1.82, 2.24) is 5.32 Å². The largest absolute Gasteiger partial charge is 0.483 e. The highest BCUT2D eigenvalue weighted by Crippen LogP contribution is 2.21. The highest BCUT2D eigenvalue weighted by molar-refractivity contribution is 5.92. The van der Waals surface area contributed by atoms with Gasteiger partial charge in [0.2, 0.25) is 0 Å². The lowest BCUT2D eigenvalue weighted by Crippen LogP contribution is -2.29.